The van der Waals surface area contributed by atoms with E-state index in [2.05, 4.69) is 44.5 Å². The van der Waals surface area contributed by atoms with E-state index < -0.39 is 0 Å². The zero-order chi connectivity index (χ0) is 14.4. The Morgan fingerprint density at radius 1 is 1.32 bits per heavy atom. The van der Waals surface area contributed by atoms with Crippen LogP contribution in [0.25, 0.3) is 0 Å². The van der Waals surface area contributed by atoms with Crippen molar-refractivity contribution in [2.24, 2.45) is 11.7 Å². The fraction of sp³-hybridized carbons (Fsp3) is 1.00. The van der Waals surface area contributed by atoms with Crippen LogP contribution < -0.4 is 5.73 Å². The van der Waals surface area contributed by atoms with Crippen molar-refractivity contribution in [1.29, 1.82) is 0 Å². The summed E-state index contributed by atoms with van der Waals surface area (Å²) >= 11 is 0. The van der Waals surface area contributed by atoms with E-state index in [0.29, 0.717) is 24.1 Å². The summed E-state index contributed by atoms with van der Waals surface area (Å²) in [5.74, 6) is 0.566. The fourth-order valence-corrected chi connectivity index (χ4v) is 2.46. The minimum Gasteiger partial charge on any atom is -0.374 e. The summed E-state index contributed by atoms with van der Waals surface area (Å²) in [4.78, 5) is 4.86. The van der Waals surface area contributed by atoms with Gasteiger partial charge in [-0.05, 0) is 39.8 Å². The summed E-state index contributed by atoms with van der Waals surface area (Å²) in [6, 6.07) is 0.924. The van der Waals surface area contributed by atoms with Gasteiger partial charge in [0.05, 0.1) is 12.7 Å². The first-order chi connectivity index (χ1) is 8.90. The lowest BCUT2D eigenvalue weighted by molar-refractivity contribution is -0.0497. The SMILES string of the molecule is CC(C)C(N)CCN(C)CC1CN(C(C)C)CCO1. The summed E-state index contributed by atoms with van der Waals surface area (Å²) in [5.41, 5.74) is 6.09. The molecule has 0 aromatic heterocycles. The van der Waals surface area contributed by atoms with Crippen molar-refractivity contribution in [1.82, 2.24) is 9.80 Å². The molecule has 0 amide bonds. The number of ether oxygens (including phenoxy) is 1. The number of rotatable bonds is 7. The minimum absolute atomic E-state index is 0.307. The van der Waals surface area contributed by atoms with Crippen molar-refractivity contribution in [2.75, 3.05) is 39.8 Å². The van der Waals surface area contributed by atoms with Crippen LogP contribution in [0.3, 0.4) is 0 Å². The molecule has 1 heterocycles. The first-order valence-corrected chi connectivity index (χ1v) is 7.70. The van der Waals surface area contributed by atoms with Gasteiger partial charge in [0, 0.05) is 31.7 Å². The summed E-state index contributed by atoms with van der Waals surface area (Å²) in [5, 5.41) is 0. The molecule has 19 heavy (non-hydrogen) atoms. The van der Waals surface area contributed by atoms with Gasteiger partial charge in [0.15, 0.2) is 0 Å². The smallest absolute Gasteiger partial charge is 0.0829 e. The second-order valence-corrected chi connectivity index (χ2v) is 6.54. The first kappa shape index (κ1) is 16.9. The third-order valence-corrected chi connectivity index (χ3v) is 4.12. The topological polar surface area (TPSA) is 41.7 Å². The Morgan fingerprint density at radius 3 is 2.58 bits per heavy atom. The number of hydrogen-bond acceptors (Lipinski definition) is 4. The molecule has 0 aliphatic carbocycles. The summed E-state index contributed by atoms with van der Waals surface area (Å²) < 4.78 is 5.87. The predicted octanol–water partition coefficient (Wildman–Crippen LogP) is 1.40. The van der Waals surface area contributed by atoms with Crippen molar-refractivity contribution < 1.29 is 4.74 Å². The quantitative estimate of drug-likeness (QED) is 0.760. The van der Waals surface area contributed by atoms with Crippen LogP contribution in [0.15, 0.2) is 0 Å². The molecule has 2 atom stereocenters. The number of likely N-dealkylation sites (N-methyl/N-ethyl adjacent to an activating group) is 1. The molecular formula is C15H33N3O. The van der Waals surface area contributed by atoms with Crippen molar-refractivity contribution in [3.05, 3.63) is 0 Å². The van der Waals surface area contributed by atoms with Crippen LogP contribution in [0.2, 0.25) is 0 Å². The van der Waals surface area contributed by atoms with E-state index in [-0.39, 0.29) is 0 Å². The highest BCUT2D eigenvalue weighted by molar-refractivity contribution is 4.77. The average Bonchev–Trinajstić information content (AvgIpc) is 2.36. The third-order valence-electron chi connectivity index (χ3n) is 4.12. The van der Waals surface area contributed by atoms with E-state index >= 15 is 0 Å². The van der Waals surface area contributed by atoms with Crippen LogP contribution in [0.4, 0.5) is 0 Å². The Labute approximate surface area is 119 Å². The molecule has 4 nitrogen and oxygen atoms in total. The molecule has 2 N–H and O–H groups in total. The van der Waals surface area contributed by atoms with Crippen LogP contribution in [0.1, 0.15) is 34.1 Å². The molecule has 0 radical (unpaired) electrons. The van der Waals surface area contributed by atoms with Gasteiger partial charge in [-0.2, -0.15) is 0 Å². The van der Waals surface area contributed by atoms with Gasteiger partial charge in [-0.1, -0.05) is 13.8 Å². The number of morpholine rings is 1. The molecule has 1 aliphatic heterocycles. The lowest BCUT2D eigenvalue weighted by atomic mass is 10.0. The van der Waals surface area contributed by atoms with Gasteiger partial charge in [-0.25, -0.2) is 0 Å². The molecule has 1 aliphatic rings. The van der Waals surface area contributed by atoms with Gasteiger partial charge in [-0.3, -0.25) is 4.90 Å². The maximum atomic E-state index is 6.09. The monoisotopic (exact) mass is 271 g/mol. The molecule has 1 saturated heterocycles. The lowest BCUT2D eigenvalue weighted by Gasteiger charge is -2.37. The second kappa shape index (κ2) is 8.20. The second-order valence-electron chi connectivity index (χ2n) is 6.54. The Balaban J connectivity index is 2.26. The standard InChI is InChI=1S/C15H33N3O/c1-12(2)15(16)6-7-17(5)10-14-11-18(13(3)4)8-9-19-14/h12-15H,6-11,16H2,1-5H3. The van der Waals surface area contributed by atoms with Gasteiger partial charge < -0.3 is 15.4 Å². The Hall–Kier alpha value is -0.160. The molecule has 0 bridgehead atoms. The summed E-state index contributed by atoms with van der Waals surface area (Å²) in [6.45, 7) is 13.9. The molecular weight excluding hydrogens is 238 g/mol. The van der Waals surface area contributed by atoms with E-state index in [4.69, 9.17) is 10.5 Å². The highest BCUT2D eigenvalue weighted by Crippen LogP contribution is 2.10. The molecule has 1 fully saturated rings. The highest BCUT2D eigenvalue weighted by Gasteiger charge is 2.23. The van der Waals surface area contributed by atoms with Gasteiger partial charge >= 0.3 is 0 Å². The van der Waals surface area contributed by atoms with Gasteiger partial charge in [-0.15, -0.1) is 0 Å². The van der Waals surface area contributed by atoms with E-state index in [1.807, 2.05) is 0 Å². The molecule has 1 rings (SSSR count). The molecule has 0 spiro atoms. The molecule has 4 heteroatoms. The van der Waals surface area contributed by atoms with Crippen LogP contribution in [0.5, 0.6) is 0 Å². The molecule has 114 valence electrons. The fourth-order valence-electron chi connectivity index (χ4n) is 2.46. The van der Waals surface area contributed by atoms with Crippen molar-refractivity contribution in [2.45, 2.75) is 52.3 Å². The molecule has 2 unspecified atom stereocenters. The largest absolute Gasteiger partial charge is 0.374 e. The summed E-state index contributed by atoms with van der Waals surface area (Å²) in [6.07, 6.45) is 1.41. The van der Waals surface area contributed by atoms with Crippen molar-refractivity contribution in [3.8, 4) is 0 Å². The minimum atomic E-state index is 0.307. The van der Waals surface area contributed by atoms with Gasteiger partial charge in [0.1, 0.15) is 0 Å². The average molecular weight is 271 g/mol. The van der Waals surface area contributed by atoms with Crippen LogP contribution in [-0.2, 0) is 4.74 Å². The van der Waals surface area contributed by atoms with E-state index in [1.165, 1.54) is 0 Å². The Morgan fingerprint density at radius 2 is 2.00 bits per heavy atom. The van der Waals surface area contributed by atoms with E-state index in [9.17, 15) is 0 Å². The van der Waals surface area contributed by atoms with E-state index in [1.54, 1.807) is 0 Å². The first-order valence-electron chi connectivity index (χ1n) is 7.70. The van der Waals surface area contributed by atoms with Crippen molar-refractivity contribution in [3.63, 3.8) is 0 Å². The van der Waals surface area contributed by atoms with Crippen LogP contribution in [0, 0.1) is 5.92 Å². The normalized spacial score (nSPS) is 23.5. The molecule has 0 saturated carbocycles. The zero-order valence-corrected chi connectivity index (χ0v) is 13.4. The number of nitrogens with zero attached hydrogens (tertiary/aromatic N) is 2. The van der Waals surface area contributed by atoms with Gasteiger partial charge in [0.2, 0.25) is 0 Å². The van der Waals surface area contributed by atoms with Crippen molar-refractivity contribution >= 4 is 0 Å². The lowest BCUT2D eigenvalue weighted by Crippen LogP contribution is -2.49. The molecule has 0 aromatic rings. The van der Waals surface area contributed by atoms with Crippen LogP contribution >= 0.6 is 0 Å². The number of nitrogens with two attached hydrogens (primary N) is 1. The maximum Gasteiger partial charge on any atom is 0.0829 e. The maximum absolute atomic E-state index is 6.09. The Kier molecular flexibility index (Phi) is 7.29. The third kappa shape index (κ3) is 6.21. The zero-order valence-electron chi connectivity index (χ0n) is 13.4. The highest BCUT2D eigenvalue weighted by atomic mass is 16.5. The number of hydrogen-bond donors (Lipinski definition) is 1. The molecule has 0 aromatic carbocycles. The van der Waals surface area contributed by atoms with E-state index in [0.717, 1.165) is 39.2 Å². The predicted molar refractivity (Wildman–Crippen MR) is 81.4 cm³/mol. The summed E-state index contributed by atoms with van der Waals surface area (Å²) in [7, 11) is 2.17. The Bertz CT molecular complexity index is 246. The van der Waals surface area contributed by atoms with Crippen LogP contribution in [-0.4, -0.2) is 67.8 Å². The van der Waals surface area contributed by atoms with Gasteiger partial charge in [0.25, 0.3) is 0 Å².